The van der Waals surface area contributed by atoms with Crippen molar-refractivity contribution < 1.29 is 19.0 Å². The number of alkyl halides is 1. The van der Waals surface area contributed by atoms with Crippen molar-refractivity contribution in [2.24, 2.45) is 5.41 Å². The van der Waals surface area contributed by atoms with Gasteiger partial charge in [0.15, 0.2) is 5.79 Å². The predicted molar refractivity (Wildman–Crippen MR) is 87.8 cm³/mol. The first kappa shape index (κ1) is 17.4. The molecule has 1 aliphatic rings. The highest BCUT2D eigenvalue weighted by molar-refractivity contribution is 9.09. The molecule has 1 saturated heterocycles. The highest BCUT2D eigenvalue weighted by atomic mass is 79.9. The van der Waals surface area contributed by atoms with Gasteiger partial charge in [0.1, 0.15) is 11.4 Å². The summed E-state index contributed by atoms with van der Waals surface area (Å²) in [6.07, 6.45) is 0.828. The first-order valence-corrected chi connectivity index (χ1v) is 8.43. The van der Waals surface area contributed by atoms with Crippen LogP contribution in [0.2, 0.25) is 0 Å². The normalized spacial score (nSPS) is 21.1. The fourth-order valence-corrected chi connectivity index (χ4v) is 2.62. The van der Waals surface area contributed by atoms with E-state index < -0.39 is 10.6 Å². The summed E-state index contributed by atoms with van der Waals surface area (Å²) in [6, 6.07) is 9.50. The zero-order chi connectivity index (χ0) is 16.2. The Morgan fingerprint density at radius 2 is 1.86 bits per heavy atom. The van der Waals surface area contributed by atoms with Gasteiger partial charge < -0.3 is 14.2 Å². The van der Waals surface area contributed by atoms with Crippen molar-refractivity contribution in [3.8, 4) is 0 Å². The lowest BCUT2D eigenvalue weighted by Gasteiger charge is -2.42. The summed E-state index contributed by atoms with van der Waals surface area (Å²) in [5, 5.41) is 0. The average Bonchev–Trinajstić information content (AvgIpc) is 2.54. The van der Waals surface area contributed by atoms with Crippen molar-refractivity contribution in [2.75, 3.05) is 19.8 Å². The van der Waals surface area contributed by atoms with Crippen molar-refractivity contribution in [1.82, 2.24) is 0 Å². The van der Waals surface area contributed by atoms with Crippen LogP contribution in [0.3, 0.4) is 0 Å². The zero-order valence-corrected chi connectivity index (χ0v) is 14.9. The van der Waals surface area contributed by atoms with Gasteiger partial charge in [-0.25, -0.2) is 0 Å². The van der Waals surface area contributed by atoms with Gasteiger partial charge in [-0.05, 0) is 25.8 Å². The minimum atomic E-state index is -0.565. The van der Waals surface area contributed by atoms with Crippen LogP contribution in [0, 0.1) is 5.41 Å². The minimum Gasteiger partial charge on any atom is -0.464 e. The molecule has 0 radical (unpaired) electrons. The number of hydrogen-bond donors (Lipinski definition) is 0. The molecule has 2 rings (SSSR count). The van der Waals surface area contributed by atoms with Gasteiger partial charge in [-0.2, -0.15) is 0 Å². The van der Waals surface area contributed by atoms with E-state index in [0.717, 1.165) is 12.0 Å². The number of halogens is 1. The van der Waals surface area contributed by atoms with E-state index in [1.807, 2.05) is 44.2 Å². The van der Waals surface area contributed by atoms with Crippen LogP contribution in [0.4, 0.5) is 0 Å². The molecule has 1 unspecified atom stereocenters. The smallest absolute Gasteiger partial charge is 0.324 e. The van der Waals surface area contributed by atoms with Crippen molar-refractivity contribution in [3.05, 3.63) is 35.9 Å². The Balaban J connectivity index is 1.92. The molecule has 0 aromatic heterocycles. The summed E-state index contributed by atoms with van der Waals surface area (Å²) in [6.45, 7) is 7.20. The molecular weight excluding hydrogens is 348 g/mol. The molecule has 0 bridgehead atoms. The topological polar surface area (TPSA) is 44.8 Å². The fraction of sp³-hybridized carbons (Fsp3) is 0.588. The summed E-state index contributed by atoms with van der Waals surface area (Å²) in [5.74, 6) is -0.853. The third kappa shape index (κ3) is 4.31. The number of carbonyl (C=O) groups is 1. The van der Waals surface area contributed by atoms with Crippen LogP contribution < -0.4 is 0 Å². The van der Waals surface area contributed by atoms with Crippen molar-refractivity contribution in [2.45, 2.75) is 37.8 Å². The molecule has 1 aromatic carbocycles. The molecule has 1 fully saturated rings. The maximum Gasteiger partial charge on any atom is 0.324 e. The maximum atomic E-state index is 12.2. The standard InChI is InChI=1S/C17H23BrO4/c1-4-17(11-21-16(2,3)22-12-17)10-20-15(19)14(18)13-8-6-5-7-9-13/h5-9,14H,4,10-12H2,1-3H3. The number of esters is 1. The van der Waals surface area contributed by atoms with Crippen LogP contribution in [0.5, 0.6) is 0 Å². The molecule has 22 heavy (non-hydrogen) atoms. The Morgan fingerprint density at radius 1 is 1.27 bits per heavy atom. The first-order valence-electron chi connectivity index (χ1n) is 7.51. The second-order valence-electron chi connectivity index (χ2n) is 6.21. The molecule has 0 N–H and O–H groups in total. The van der Waals surface area contributed by atoms with Gasteiger partial charge in [-0.1, -0.05) is 53.2 Å². The van der Waals surface area contributed by atoms with Crippen LogP contribution in [-0.2, 0) is 19.0 Å². The fourth-order valence-electron chi connectivity index (χ4n) is 2.18. The van der Waals surface area contributed by atoms with Crippen LogP contribution in [0.25, 0.3) is 0 Å². The molecule has 0 amide bonds. The Labute approximate surface area is 140 Å². The molecule has 4 nitrogen and oxygen atoms in total. The van der Waals surface area contributed by atoms with Gasteiger partial charge in [-0.3, -0.25) is 4.79 Å². The van der Waals surface area contributed by atoms with E-state index in [9.17, 15) is 4.79 Å². The first-order chi connectivity index (χ1) is 10.4. The number of hydrogen-bond acceptors (Lipinski definition) is 4. The van der Waals surface area contributed by atoms with Crippen molar-refractivity contribution >= 4 is 21.9 Å². The van der Waals surface area contributed by atoms with Gasteiger partial charge in [-0.15, -0.1) is 0 Å². The molecule has 1 aliphatic heterocycles. The predicted octanol–water partition coefficient (Wildman–Crippen LogP) is 3.85. The molecule has 0 spiro atoms. The van der Waals surface area contributed by atoms with E-state index in [4.69, 9.17) is 14.2 Å². The molecule has 1 heterocycles. The van der Waals surface area contributed by atoms with E-state index in [1.54, 1.807) is 0 Å². The minimum absolute atomic E-state index is 0.269. The van der Waals surface area contributed by atoms with Gasteiger partial charge in [0.25, 0.3) is 0 Å². The Morgan fingerprint density at radius 3 is 2.41 bits per heavy atom. The quantitative estimate of drug-likeness (QED) is 0.583. The third-order valence-corrected chi connectivity index (χ3v) is 4.92. The van der Waals surface area contributed by atoms with Gasteiger partial charge in [0.05, 0.1) is 18.6 Å². The van der Waals surface area contributed by atoms with E-state index >= 15 is 0 Å². The highest BCUT2D eigenvalue weighted by Crippen LogP contribution is 2.33. The van der Waals surface area contributed by atoms with Crippen LogP contribution in [0.1, 0.15) is 37.6 Å². The van der Waals surface area contributed by atoms with E-state index in [0.29, 0.717) is 19.8 Å². The molecule has 1 atom stereocenters. The zero-order valence-electron chi connectivity index (χ0n) is 13.3. The molecule has 1 aromatic rings. The second-order valence-corrected chi connectivity index (χ2v) is 7.13. The summed E-state index contributed by atoms with van der Waals surface area (Å²) in [4.78, 5) is 11.8. The number of carbonyl (C=O) groups excluding carboxylic acids is 1. The third-order valence-electron chi connectivity index (χ3n) is 4.02. The largest absolute Gasteiger partial charge is 0.464 e. The number of rotatable bonds is 5. The van der Waals surface area contributed by atoms with Crippen molar-refractivity contribution in [1.29, 1.82) is 0 Å². The van der Waals surface area contributed by atoms with Gasteiger partial charge in [0.2, 0.25) is 0 Å². The van der Waals surface area contributed by atoms with E-state index in [1.165, 1.54) is 0 Å². The van der Waals surface area contributed by atoms with Crippen LogP contribution >= 0.6 is 15.9 Å². The summed E-state index contributed by atoms with van der Waals surface area (Å²) in [5.41, 5.74) is 0.615. The summed E-state index contributed by atoms with van der Waals surface area (Å²) in [7, 11) is 0. The number of benzene rings is 1. The number of ether oxygens (including phenoxy) is 3. The SMILES string of the molecule is CCC1(COC(=O)C(Br)c2ccccc2)COC(C)(C)OC1. The molecule has 0 aliphatic carbocycles. The van der Waals surface area contributed by atoms with E-state index in [-0.39, 0.29) is 11.4 Å². The monoisotopic (exact) mass is 370 g/mol. The summed E-state index contributed by atoms with van der Waals surface area (Å²) < 4.78 is 17.0. The average molecular weight is 371 g/mol. The van der Waals surface area contributed by atoms with Crippen molar-refractivity contribution in [3.63, 3.8) is 0 Å². The van der Waals surface area contributed by atoms with Gasteiger partial charge in [0, 0.05) is 0 Å². The maximum absolute atomic E-state index is 12.2. The Hall–Kier alpha value is -0.910. The lowest BCUT2D eigenvalue weighted by atomic mass is 9.87. The summed E-state index contributed by atoms with van der Waals surface area (Å²) >= 11 is 3.40. The molecule has 5 heteroatoms. The Kier molecular flexibility index (Phi) is 5.64. The van der Waals surface area contributed by atoms with Gasteiger partial charge >= 0.3 is 5.97 Å². The molecule has 0 saturated carbocycles. The molecular formula is C17H23BrO4. The van der Waals surface area contributed by atoms with E-state index in [2.05, 4.69) is 22.9 Å². The Bertz CT molecular complexity index is 491. The lowest BCUT2D eigenvalue weighted by molar-refractivity contribution is -0.291. The lowest BCUT2D eigenvalue weighted by Crippen LogP contribution is -2.48. The van der Waals surface area contributed by atoms with Crippen LogP contribution in [-0.4, -0.2) is 31.6 Å². The molecule has 122 valence electrons. The highest BCUT2D eigenvalue weighted by Gasteiger charge is 2.40. The second kappa shape index (κ2) is 7.11. The van der Waals surface area contributed by atoms with Crippen LogP contribution in [0.15, 0.2) is 30.3 Å².